The lowest BCUT2D eigenvalue weighted by molar-refractivity contribution is 0.565. The van der Waals surface area contributed by atoms with Crippen LogP contribution in [0, 0.1) is 0 Å². The van der Waals surface area contributed by atoms with Crippen LogP contribution < -0.4 is 5.32 Å². The Bertz CT molecular complexity index is 260. The van der Waals surface area contributed by atoms with E-state index in [2.05, 4.69) is 18.3 Å². The molecular weight excluding hydrogens is 182 g/mol. The number of benzene rings is 1. The van der Waals surface area contributed by atoms with Gasteiger partial charge >= 0.3 is 0 Å². The Morgan fingerprint density at radius 1 is 1.38 bits per heavy atom. The van der Waals surface area contributed by atoms with Gasteiger partial charge in [-0.2, -0.15) is 0 Å². The largest absolute Gasteiger partial charge is 0.317 e. The maximum absolute atomic E-state index is 6.03. The fraction of sp³-hybridized carbons (Fsp3) is 0.455. The fourth-order valence-electron chi connectivity index (χ4n) is 1.22. The molecule has 0 radical (unpaired) electrons. The van der Waals surface area contributed by atoms with Crippen molar-refractivity contribution in [2.24, 2.45) is 0 Å². The first kappa shape index (κ1) is 10.6. The van der Waals surface area contributed by atoms with Gasteiger partial charge in [0.25, 0.3) is 0 Å². The van der Waals surface area contributed by atoms with Crippen molar-refractivity contribution in [1.29, 1.82) is 0 Å². The maximum atomic E-state index is 6.03. The first-order valence-corrected chi connectivity index (χ1v) is 5.02. The predicted octanol–water partition coefficient (Wildman–Crippen LogP) is 2.88. The number of halogens is 1. The van der Waals surface area contributed by atoms with E-state index >= 15 is 0 Å². The van der Waals surface area contributed by atoms with Gasteiger partial charge in [-0.25, -0.2) is 0 Å². The topological polar surface area (TPSA) is 12.0 Å². The van der Waals surface area contributed by atoms with Crippen LogP contribution in [0.1, 0.15) is 18.9 Å². The number of hydrogen-bond acceptors (Lipinski definition) is 1. The number of aryl methyl sites for hydroxylation is 1. The van der Waals surface area contributed by atoms with Crippen LogP contribution in [0.25, 0.3) is 0 Å². The smallest absolute Gasteiger partial charge is 0.0437 e. The van der Waals surface area contributed by atoms with Gasteiger partial charge in [0.15, 0.2) is 0 Å². The molecule has 72 valence electrons. The maximum Gasteiger partial charge on any atom is 0.0437 e. The average molecular weight is 198 g/mol. The van der Waals surface area contributed by atoms with Crippen molar-refractivity contribution in [3.05, 3.63) is 34.9 Å². The Morgan fingerprint density at radius 3 is 2.69 bits per heavy atom. The molecule has 0 fully saturated rings. The lowest BCUT2D eigenvalue weighted by Gasteiger charge is -2.10. The zero-order chi connectivity index (χ0) is 9.68. The molecule has 0 aromatic heterocycles. The van der Waals surface area contributed by atoms with Crippen LogP contribution in [0.5, 0.6) is 0 Å². The Balaban J connectivity index is 2.50. The van der Waals surface area contributed by atoms with Crippen LogP contribution in [-0.4, -0.2) is 13.1 Å². The highest BCUT2D eigenvalue weighted by Crippen LogP contribution is 2.16. The van der Waals surface area contributed by atoms with E-state index in [4.69, 9.17) is 11.6 Å². The lowest BCUT2D eigenvalue weighted by atomic mass is 10.1. The summed E-state index contributed by atoms with van der Waals surface area (Å²) in [7, 11) is 1.98. The normalized spacial score (nSPS) is 12.8. The molecule has 0 saturated carbocycles. The molecule has 0 saturated heterocycles. The van der Waals surface area contributed by atoms with Gasteiger partial charge in [-0.15, -0.1) is 0 Å². The number of nitrogens with one attached hydrogen (secondary N) is 1. The van der Waals surface area contributed by atoms with Crippen LogP contribution in [-0.2, 0) is 6.42 Å². The molecule has 0 heterocycles. The van der Waals surface area contributed by atoms with Crippen LogP contribution in [0.2, 0.25) is 5.02 Å². The molecule has 1 aromatic carbocycles. The zero-order valence-corrected chi connectivity index (χ0v) is 8.93. The molecule has 1 aromatic rings. The highest BCUT2D eigenvalue weighted by Gasteiger charge is 2.01. The van der Waals surface area contributed by atoms with E-state index in [0.29, 0.717) is 6.04 Å². The molecule has 0 bridgehead atoms. The molecule has 0 aliphatic carbocycles. The first-order valence-electron chi connectivity index (χ1n) is 4.64. The summed E-state index contributed by atoms with van der Waals surface area (Å²) >= 11 is 6.03. The molecular formula is C11H16ClN. The van der Waals surface area contributed by atoms with Crippen LogP contribution >= 0.6 is 11.6 Å². The van der Waals surface area contributed by atoms with Crippen molar-refractivity contribution in [2.45, 2.75) is 25.8 Å². The summed E-state index contributed by atoms with van der Waals surface area (Å²) in [6.07, 6.45) is 2.17. The van der Waals surface area contributed by atoms with E-state index in [1.807, 2.05) is 25.2 Å². The van der Waals surface area contributed by atoms with E-state index in [1.165, 1.54) is 5.56 Å². The van der Waals surface area contributed by atoms with Crippen molar-refractivity contribution in [1.82, 2.24) is 5.32 Å². The third kappa shape index (κ3) is 3.37. The van der Waals surface area contributed by atoms with Crippen molar-refractivity contribution in [3.8, 4) is 0 Å². The summed E-state index contributed by atoms with van der Waals surface area (Å²) in [6, 6.07) is 8.58. The molecule has 1 atom stereocenters. The Kier molecular flexibility index (Phi) is 4.26. The SMILES string of the molecule is CN[C@@H](C)CCc1ccccc1Cl. The monoisotopic (exact) mass is 197 g/mol. The van der Waals surface area contributed by atoms with Gasteiger partial charge in [-0.05, 0) is 38.4 Å². The van der Waals surface area contributed by atoms with Gasteiger partial charge in [0.2, 0.25) is 0 Å². The second-order valence-corrected chi connectivity index (χ2v) is 3.73. The summed E-state index contributed by atoms with van der Waals surface area (Å²) in [6.45, 7) is 2.18. The molecule has 1 N–H and O–H groups in total. The highest BCUT2D eigenvalue weighted by atomic mass is 35.5. The van der Waals surface area contributed by atoms with Crippen LogP contribution in [0.15, 0.2) is 24.3 Å². The van der Waals surface area contributed by atoms with Gasteiger partial charge in [-0.3, -0.25) is 0 Å². The molecule has 0 aliphatic heterocycles. The Labute approximate surface area is 85.1 Å². The minimum absolute atomic E-state index is 0.552. The van der Waals surface area contributed by atoms with E-state index in [1.54, 1.807) is 0 Å². The van der Waals surface area contributed by atoms with E-state index in [0.717, 1.165) is 17.9 Å². The second-order valence-electron chi connectivity index (χ2n) is 3.32. The van der Waals surface area contributed by atoms with Gasteiger partial charge < -0.3 is 5.32 Å². The van der Waals surface area contributed by atoms with E-state index in [9.17, 15) is 0 Å². The van der Waals surface area contributed by atoms with Crippen LogP contribution in [0.3, 0.4) is 0 Å². The quantitative estimate of drug-likeness (QED) is 0.783. The molecule has 13 heavy (non-hydrogen) atoms. The summed E-state index contributed by atoms with van der Waals surface area (Å²) in [5.74, 6) is 0. The second kappa shape index (κ2) is 5.25. The lowest BCUT2D eigenvalue weighted by Crippen LogP contribution is -2.21. The highest BCUT2D eigenvalue weighted by molar-refractivity contribution is 6.31. The van der Waals surface area contributed by atoms with Gasteiger partial charge in [-0.1, -0.05) is 29.8 Å². The zero-order valence-electron chi connectivity index (χ0n) is 8.18. The molecule has 0 spiro atoms. The van der Waals surface area contributed by atoms with Crippen molar-refractivity contribution in [2.75, 3.05) is 7.05 Å². The summed E-state index contributed by atoms with van der Waals surface area (Å²) in [4.78, 5) is 0. The standard InChI is InChI=1S/C11H16ClN/c1-9(13-2)7-8-10-5-3-4-6-11(10)12/h3-6,9,13H,7-8H2,1-2H3/t9-/m0/s1. The minimum atomic E-state index is 0.552. The van der Waals surface area contributed by atoms with E-state index < -0.39 is 0 Å². The molecule has 0 unspecified atom stereocenters. The van der Waals surface area contributed by atoms with Crippen molar-refractivity contribution < 1.29 is 0 Å². The molecule has 2 heteroatoms. The van der Waals surface area contributed by atoms with Crippen molar-refractivity contribution in [3.63, 3.8) is 0 Å². The Morgan fingerprint density at radius 2 is 2.08 bits per heavy atom. The number of hydrogen-bond donors (Lipinski definition) is 1. The Hall–Kier alpha value is -0.530. The molecule has 0 aliphatic rings. The van der Waals surface area contributed by atoms with Crippen molar-refractivity contribution >= 4 is 11.6 Å². The number of rotatable bonds is 4. The molecule has 0 amide bonds. The molecule has 1 rings (SSSR count). The van der Waals surface area contributed by atoms with Gasteiger partial charge in [0.1, 0.15) is 0 Å². The third-order valence-corrected chi connectivity index (χ3v) is 2.67. The van der Waals surface area contributed by atoms with Crippen LogP contribution in [0.4, 0.5) is 0 Å². The summed E-state index contributed by atoms with van der Waals surface area (Å²) < 4.78 is 0. The van der Waals surface area contributed by atoms with Gasteiger partial charge in [0, 0.05) is 11.1 Å². The first-order chi connectivity index (χ1) is 6.24. The minimum Gasteiger partial charge on any atom is -0.317 e. The molecule has 1 nitrogen and oxygen atoms in total. The predicted molar refractivity (Wildman–Crippen MR) is 58.3 cm³/mol. The van der Waals surface area contributed by atoms with E-state index in [-0.39, 0.29) is 0 Å². The van der Waals surface area contributed by atoms with Gasteiger partial charge in [0.05, 0.1) is 0 Å². The average Bonchev–Trinajstić information content (AvgIpc) is 2.16. The fourth-order valence-corrected chi connectivity index (χ4v) is 1.45. The summed E-state index contributed by atoms with van der Waals surface area (Å²) in [5, 5.41) is 4.09. The summed E-state index contributed by atoms with van der Waals surface area (Å²) in [5.41, 5.74) is 1.24. The third-order valence-electron chi connectivity index (χ3n) is 2.30.